The van der Waals surface area contributed by atoms with E-state index in [1.54, 1.807) is 17.9 Å². The maximum atomic E-state index is 12.2. The molecule has 3 rings (SSSR count). The quantitative estimate of drug-likeness (QED) is 0.806. The zero-order valence-corrected chi connectivity index (χ0v) is 13.0. The number of carbonyl (C=O) groups excluding carboxylic acids is 2. The summed E-state index contributed by atoms with van der Waals surface area (Å²) in [6.45, 7) is 6.71. The van der Waals surface area contributed by atoms with E-state index in [4.69, 9.17) is 4.52 Å². The summed E-state index contributed by atoms with van der Waals surface area (Å²) in [5.74, 6) is 0.383. The lowest BCUT2D eigenvalue weighted by molar-refractivity contribution is -0.131. The second kappa shape index (κ2) is 6.48. The van der Waals surface area contributed by atoms with Crippen molar-refractivity contribution < 1.29 is 14.1 Å². The van der Waals surface area contributed by atoms with Crippen molar-refractivity contribution in [2.75, 3.05) is 45.8 Å². The first kappa shape index (κ1) is 15.0. The fourth-order valence-electron chi connectivity index (χ4n) is 2.99. The summed E-state index contributed by atoms with van der Waals surface area (Å²) in [7, 11) is 0. The maximum absolute atomic E-state index is 12.2. The Morgan fingerprint density at radius 3 is 2.36 bits per heavy atom. The van der Waals surface area contributed by atoms with Crippen molar-refractivity contribution in [2.24, 2.45) is 0 Å². The normalized spacial score (nSPS) is 19.7. The van der Waals surface area contributed by atoms with Gasteiger partial charge in [0.25, 0.3) is 5.91 Å². The minimum Gasteiger partial charge on any atom is -0.351 e. The van der Waals surface area contributed by atoms with Crippen molar-refractivity contribution in [1.29, 1.82) is 0 Å². The molecule has 120 valence electrons. The first-order valence-corrected chi connectivity index (χ1v) is 7.86. The van der Waals surface area contributed by atoms with Gasteiger partial charge in [-0.1, -0.05) is 5.16 Å². The molecule has 0 aromatic carbocycles. The Kier molecular flexibility index (Phi) is 4.42. The number of rotatable bonds is 3. The zero-order valence-electron chi connectivity index (χ0n) is 13.0. The number of amides is 2. The molecule has 0 aliphatic carbocycles. The van der Waals surface area contributed by atoms with E-state index in [-0.39, 0.29) is 11.8 Å². The van der Waals surface area contributed by atoms with Crippen molar-refractivity contribution in [3.8, 4) is 0 Å². The molecule has 0 atom stereocenters. The van der Waals surface area contributed by atoms with Crippen LogP contribution >= 0.6 is 0 Å². The lowest BCUT2D eigenvalue weighted by Crippen LogP contribution is -2.51. The van der Waals surface area contributed by atoms with Crippen LogP contribution in [0.15, 0.2) is 10.6 Å². The number of likely N-dealkylation sites (tertiary alicyclic amines) is 1. The average molecular weight is 306 g/mol. The number of aryl methyl sites for hydroxylation is 1. The van der Waals surface area contributed by atoms with Crippen LogP contribution in [-0.4, -0.2) is 77.5 Å². The topological polar surface area (TPSA) is 69.9 Å². The van der Waals surface area contributed by atoms with Crippen LogP contribution in [0.25, 0.3) is 0 Å². The number of piperazine rings is 1. The molecule has 0 saturated carbocycles. The Morgan fingerprint density at radius 1 is 1.09 bits per heavy atom. The van der Waals surface area contributed by atoms with Crippen LogP contribution in [0.5, 0.6) is 0 Å². The molecule has 3 heterocycles. The third-order valence-corrected chi connectivity index (χ3v) is 4.32. The van der Waals surface area contributed by atoms with Crippen LogP contribution in [0.3, 0.4) is 0 Å². The molecule has 2 saturated heterocycles. The van der Waals surface area contributed by atoms with Gasteiger partial charge >= 0.3 is 0 Å². The van der Waals surface area contributed by atoms with Crippen LogP contribution in [0.4, 0.5) is 0 Å². The van der Waals surface area contributed by atoms with Crippen molar-refractivity contribution in [1.82, 2.24) is 19.9 Å². The highest BCUT2D eigenvalue weighted by Crippen LogP contribution is 2.12. The molecular weight excluding hydrogens is 284 g/mol. The molecule has 0 unspecified atom stereocenters. The fraction of sp³-hybridized carbons (Fsp3) is 0.667. The summed E-state index contributed by atoms with van der Waals surface area (Å²) in [5, 5.41) is 3.75. The van der Waals surface area contributed by atoms with Crippen LogP contribution in [-0.2, 0) is 4.79 Å². The summed E-state index contributed by atoms with van der Waals surface area (Å²) in [5.41, 5.74) is 0.707. The Morgan fingerprint density at radius 2 is 1.77 bits per heavy atom. The van der Waals surface area contributed by atoms with Gasteiger partial charge in [0.05, 0.1) is 12.2 Å². The van der Waals surface area contributed by atoms with Crippen molar-refractivity contribution in [3.05, 3.63) is 17.5 Å². The Labute approximate surface area is 129 Å². The molecule has 2 amide bonds. The second-order valence-corrected chi connectivity index (χ2v) is 5.99. The lowest BCUT2D eigenvalue weighted by Gasteiger charge is -2.34. The highest BCUT2D eigenvalue weighted by Gasteiger charge is 2.27. The molecule has 1 aromatic heterocycles. The van der Waals surface area contributed by atoms with Crippen LogP contribution < -0.4 is 0 Å². The van der Waals surface area contributed by atoms with Crippen LogP contribution in [0, 0.1) is 6.92 Å². The standard InChI is InChI=1S/C15H22N4O3/c1-12-10-13(22-16-12)15(21)19-8-6-17(7-9-19)11-14(20)18-4-2-3-5-18/h10H,2-9,11H2,1H3. The highest BCUT2D eigenvalue weighted by atomic mass is 16.5. The van der Waals surface area contributed by atoms with Crippen molar-refractivity contribution in [3.63, 3.8) is 0 Å². The largest absolute Gasteiger partial charge is 0.351 e. The molecule has 0 spiro atoms. The van der Waals surface area contributed by atoms with Gasteiger partial charge in [0, 0.05) is 45.3 Å². The van der Waals surface area contributed by atoms with Crippen molar-refractivity contribution >= 4 is 11.8 Å². The number of aromatic nitrogens is 1. The second-order valence-electron chi connectivity index (χ2n) is 5.99. The molecule has 0 bridgehead atoms. The van der Waals surface area contributed by atoms with Crippen LogP contribution in [0.2, 0.25) is 0 Å². The molecular formula is C15H22N4O3. The number of nitrogens with zero attached hydrogens (tertiary/aromatic N) is 4. The van der Waals surface area contributed by atoms with E-state index < -0.39 is 0 Å². The van der Waals surface area contributed by atoms with Gasteiger partial charge in [0.1, 0.15) is 0 Å². The van der Waals surface area contributed by atoms with E-state index in [0.29, 0.717) is 31.1 Å². The summed E-state index contributed by atoms with van der Waals surface area (Å²) in [6, 6.07) is 1.66. The van der Waals surface area contributed by atoms with Gasteiger partial charge in [-0.2, -0.15) is 0 Å². The van der Waals surface area contributed by atoms with E-state index in [1.807, 2.05) is 4.90 Å². The summed E-state index contributed by atoms with van der Waals surface area (Å²) in [6.07, 6.45) is 2.23. The fourth-order valence-corrected chi connectivity index (χ4v) is 2.99. The summed E-state index contributed by atoms with van der Waals surface area (Å²) in [4.78, 5) is 30.2. The van der Waals surface area contributed by atoms with E-state index in [2.05, 4.69) is 10.1 Å². The molecule has 7 heteroatoms. The minimum absolute atomic E-state index is 0.119. The molecule has 2 fully saturated rings. The Bertz CT molecular complexity index is 543. The molecule has 0 N–H and O–H groups in total. The van der Waals surface area contributed by atoms with Crippen LogP contribution in [0.1, 0.15) is 29.1 Å². The lowest BCUT2D eigenvalue weighted by atomic mass is 10.2. The number of hydrogen-bond donors (Lipinski definition) is 0. The Balaban J connectivity index is 1.47. The summed E-state index contributed by atoms with van der Waals surface area (Å²) < 4.78 is 5.02. The van der Waals surface area contributed by atoms with Gasteiger partial charge in [-0.15, -0.1) is 0 Å². The minimum atomic E-state index is -0.119. The first-order chi connectivity index (χ1) is 10.6. The van der Waals surface area contributed by atoms with Crippen molar-refractivity contribution in [2.45, 2.75) is 19.8 Å². The number of hydrogen-bond acceptors (Lipinski definition) is 5. The third kappa shape index (κ3) is 3.30. The smallest absolute Gasteiger partial charge is 0.292 e. The molecule has 2 aliphatic heterocycles. The third-order valence-electron chi connectivity index (χ3n) is 4.32. The predicted octanol–water partition coefficient (Wildman–Crippen LogP) is 0.363. The van der Waals surface area contributed by atoms with E-state index >= 15 is 0 Å². The van der Waals surface area contributed by atoms with Gasteiger partial charge < -0.3 is 14.3 Å². The van der Waals surface area contributed by atoms with Gasteiger partial charge in [-0.05, 0) is 19.8 Å². The monoisotopic (exact) mass is 306 g/mol. The SMILES string of the molecule is Cc1cc(C(=O)N2CCN(CC(=O)N3CCCC3)CC2)on1. The van der Waals surface area contributed by atoms with Gasteiger partial charge in [-0.3, -0.25) is 14.5 Å². The molecule has 0 radical (unpaired) electrons. The van der Waals surface area contributed by atoms with E-state index in [9.17, 15) is 9.59 Å². The highest BCUT2D eigenvalue weighted by molar-refractivity contribution is 5.91. The predicted molar refractivity (Wildman–Crippen MR) is 79.4 cm³/mol. The van der Waals surface area contributed by atoms with Gasteiger partial charge in [-0.25, -0.2) is 0 Å². The van der Waals surface area contributed by atoms with Gasteiger partial charge in [0.2, 0.25) is 11.7 Å². The first-order valence-electron chi connectivity index (χ1n) is 7.86. The Hall–Kier alpha value is -1.89. The molecule has 1 aromatic rings. The maximum Gasteiger partial charge on any atom is 0.292 e. The molecule has 22 heavy (non-hydrogen) atoms. The molecule has 2 aliphatic rings. The molecule has 7 nitrogen and oxygen atoms in total. The summed E-state index contributed by atoms with van der Waals surface area (Å²) >= 11 is 0. The number of carbonyl (C=O) groups is 2. The zero-order chi connectivity index (χ0) is 15.5. The van der Waals surface area contributed by atoms with E-state index in [0.717, 1.165) is 39.0 Å². The average Bonchev–Trinajstić information content (AvgIpc) is 3.18. The van der Waals surface area contributed by atoms with Gasteiger partial charge in [0.15, 0.2) is 0 Å². The van der Waals surface area contributed by atoms with E-state index in [1.165, 1.54) is 0 Å².